The number of nitrogens with two attached hydrogens (primary N) is 1. The summed E-state index contributed by atoms with van der Waals surface area (Å²) in [5.74, 6) is 0.886. The van der Waals surface area contributed by atoms with Crippen molar-refractivity contribution in [2.75, 3.05) is 5.73 Å². The van der Waals surface area contributed by atoms with Gasteiger partial charge in [-0.2, -0.15) is 0 Å². The molecule has 0 fully saturated rings. The number of aromatic nitrogens is 2. The number of anilines is 1. The average molecular weight is 295 g/mol. The van der Waals surface area contributed by atoms with E-state index in [4.69, 9.17) is 22.1 Å². The molecule has 2 aromatic rings. The molecule has 0 bridgehead atoms. The summed E-state index contributed by atoms with van der Waals surface area (Å²) in [6, 6.07) is 3.93. The van der Waals surface area contributed by atoms with E-state index >= 15 is 0 Å². The number of nitro benzene ring substituents is 1. The molecule has 1 aromatic carbocycles. The van der Waals surface area contributed by atoms with Crippen LogP contribution in [0.2, 0.25) is 5.02 Å². The average Bonchev–Trinajstić information content (AvgIpc) is 2.41. The molecule has 0 spiro atoms. The number of rotatable bonds is 4. The number of hydrogen-bond acceptors (Lipinski definition) is 6. The van der Waals surface area contributed by atoms with E-state index in [2.05, 4.69) is 9.97 Å². The minimum absolute atomic E-state index is 0.111. The molecular formula is C12H11ClN4O3. The molecule has 0 amide bonds. The topological polar surface area (TPSA) is 104 Å². The fourth-order valence-electron chi connectivity index (χ4n) is 1.62. The predicted molar refractivity (Wildman–Crippen MR) is 74.0 cm³/mol. The Hall–Kier alpha value is -2.41. The van der Waals surface area contributed by atoms with E-state index in [9.17, 15) is 10.1 Å². The number of halogens is 1. The lowest BCUT2D eigenvalue weighted by Gasteiger charge is -2.10. The van der Waals surface area contributed by atoms with Crippen LogP contribution < -0.4 is 10.5 Å². The van der Waals surface area contributed by atoms with Crippen LogP contribution in [0, 0.1) is 10.1 Å². The Balaban J connectivity index is 2.36. The largest absolute Gasteiger partial charge is 0.437 e. The van der Waals surface area contributed by atoms with Gasteiger partial charge in [0.1, 0.15) is 17.9 Å². The summed E-state index contributed by atoms with van der Waals surface area (Å²) in [6.45, 7) is 1.89. The second-order valence-electron chi connectivity index (χ2n) is 3.87. The standard InChI is InChI=1S/C12H11ClN4O3/c1-2-8-11(14)15-6-16-12(8)20-10-4-3-7(17(18)19)5-9(10)13/h3-6H,2H2,1H3,(H2,14,15,16). The van der Waals surface area contributed by atoms with Gasteiger partial charge in [0.15, 0.2) is 0 Å². The molecule has 2 N–H and O–H groups in total. The van der Waals surface area contributed by atoms with Gasteiger partial charge in [-0.05, 0) is 12.5 Å². The Labute approximate surface area is 119 Å². The van der Waals surface area contributed by atoms with Gasteiger partial charge in [0, 0.05) is 12.1 Å². The first-order valence-corrected chi connectivity index (χ1v) is 6.11. The third-order valence-corrected chi connectivity index (χ3v) is 2.92. The second kappa shape index (κ2) is 5.70. The van der Waals surface area contributed by atoms with Crippen molar-refractivity contribution in [1.82, 2.24) is 9.97 Å². The lowest BCUT2D eigenvalue weighted by molar-refractivity contribution is -0.384. The number of non-ortho nitro benzene ring substituents is 1. The first-order valence-electron chi connectivity index (χ1n) is 5.74. The molecule has 0 atom stereocenters. The van der Waals surface area contributed by atoms with E-state index in [1.54, 1.807) is 0 Å². The SMILES string of the molecule is CCc1c(N)ncnc1Oc1ccc([N+](=O)[O-])cc1Cl. The summed E-state index contributed by atoms with van der Waals surface area (Å²) in [4.78, 5) is 18.0. The highest BCUT2D eigenvalue weighted by atomic mass is 35.5. The van der Waals surface area contributed by atoms with Crippen molar-refractivity contribution in [2.24, 2.45) is 0 Å². The zero-order chi connectivity index (χ0) is 14.7. The highest BCUT2D eigenvalue weighted by molar-refractivity contribution is 6.32. The Morgan fingerprint density at radius 3 is 2.80 bits per heavy atom. The maximum atomic E-state index is 10.6. The zero-order valence-electron chi connectivity index (χ0n) is 10.5. The fourth-order valence-corrected chi connectivity index (χ4v) is 1.83. The molecule has 0 aliphatic carbocycles. The predicted octanol–water partition coefficient (Wildman–Crippen LogP) is 2.98. The Bertz CT molecular complexity index is 663. The first kappa shape index (κ1) is 14.0. The summed E-state index contributed by atoms with van der Waals surface area (Å²) < 4.78 is 5.56. The van der Waals surface area contributed by atoms with Crippen molar-refractivity contribution in [1.29, 1.82) is 0 Å². The molecular weight excluding hydrogens is 284 g/mol. The summed E-state index contributed by atoms with van der Waals surface area (Å²) in [7, 11) is 0. The highest BCUT2D eigenvalue weighted by Crippen LogP contribution is 2.33. The third kappa shape index (κ3) is 2.77. The van der Waals surface area contributed by atoms with Crippen molar-refractivity contribution in [3.63, 3.8) is 0 Å². The van der Waals surface area contributed by atoms with Crippen LogP contribution in [-0.4, -0.2) is 14.9 Å². The van der Waals surface area contributed by atoms with E-state index in [0.29, 0.717) is 17.8 Å². The molecule has 1 heterocycles. The molecule has 20 heavy (non-hydrogen) atoms. The van der Waals surface area contributed by atoms with E-state index in [-0.39, 0.29) is 22.3 Å². The van der Waals surface area contributed by atoms with Crippen LogP contribution in [0.25, 0.3) is 0 Å². The molecule has 1 aromatic heterocycles. The van der Waals surface area contributed by atoms with Crippen LogP contribution in [0.3, 0.4) is 0 Å². The fraction of sp³-hybridized carbons (Fsp3) is 0.167. The Morgan fingerprint density at radius 1 is 1.45 bits per heavy atom. The molecule has 8 heteroatoms. The van der Waals surface area contributed by atoms with Crippen LogP contribution >= 0.6 is 11.6 Å². The Kier molecular flexibility index (Phi) is 3.99. The molecule has 7 nitrogen and oxygen atoms in total. The molecule has 0 aliphatic rings. The van der Waals surface area contributed by atoms with Crippen LogP contribution in [0.5, 0.6) is 11.6 Å². The number of nitrogens with zero attached hydrogens (tertiary/aromatic N) is 3. The lowest BCUT2D eigenvalue weighted by Crippen LogP contribution is -2.02. The summed E-state index contributed by atoms with van der Waals surface area (Å²) in [6.07, 6.45) is 1.87. The van der Waals surface area contributed by atoms with Gasteiger partial charge in [0.05, 0.1) is 15.5 Å². The Morgan fingerprint density at radius 2 is 2.20 bits per heavy atom. The van der Waals surface area contributed by atoms with E-state index < -0.39 is 4.92 Å². The quantitative estimate of drug-likeness (QED) is 0.686. The van der Waals surface area contributed by atoms with Crippen molar-refractivity contribution in [3.05, 3.63) is 45.2 Å². The minimum Gasteiger partial charge on any atom is -0.437 e. The van der Waals surface area contributed by atoms with Gasteiger partial charge in [-0.3, -0.25) is 10.1 Å². The summed E-state index contributed by atoms with van der Waals surface area (Å²) in [5.41, 5.74) is 6.28. The van der Waals surface area contributed by atoms with Crippen molar-refractivity contribution < 1.29 is 9.66 Å². The molecule has 2 rings (SSSR count). The summed E-state index contributed by atoms with van der Waals surface area (Å²) in [5, 5.41) is 10.8. The van der Waals surface area contributed by atoms with Gasteiger partial charge in [0.2, 0.25) is 5.88 Å². The lowest BCUT2D eigenvalue weighted by atomic mass is 10.2. The normalized spacial score (nSPS) is 10.3. The van der Waals surface area contributed by atoms with E-state index in [1.165, 1.54) is 24.5 Å². The van der Waals surface area contributed by atoms with E-state index in [1.807, 2.05) is 6.92 Å². The van der Waals surface area contributed by atoms with Crippen molar-refractivity contribution in [3.8, 4) is 11.6 Å². The van der Waals surface area contributed by atoms with Crippen LogP contribution in [-0.2, 0) is 6.42 Å². The van der Waals surface area contributed by atoms with Gasteiger partial charge in [0.25, 0.3) is 5.69 Å². The minimum atomic E-state index is -0.532. The third-order valence-electron chi connectivity index (χ3n) is 2.63. The van der Waals surface area contributed by atoms with Crippen molar-refractivity contribution >= 4 is 23.1 Å². The molecule has 0 radical (unpaired) electrons. The van der Waals surface area contributed by atoms with Crippen LogP contribution in [0.15, 0.2) is 24.5 Å². The van der Waals surface area contributed by atoms with Crippen LogP contribution in [0.1, 0.15) is 12.5 Å². The molecule has 0 aliphatic heterocycles. The molecule has 104 valence electrons. The number of nitro groups is 1. The van der Waals surface area contributed by atoms with Gasteiger partial charge < -0.3 is 10.5 Å². The van der Waals surface area contributed by atoms with Crippen molar-refractivity contribution in [2.45, 2.75) is 13.3 Å². The first-order chi connectivity index (χ1) is 9.52. The molecule has 0 unspecified atom stereocenters. The highest BCUT2D eigenvalue weighted by Gasteiger charge is 2.14. The van der Waals surface area contributed by atoms with Gasteiger partial charge in [-0.1, -0.05) is 18.5 Å². The zero-order valence-corrected chi connectivity index (χ0v) is 11.3. The maximum Gasteiger partial charge on any atom is 0.271 e. The second-order valence-corrected chi connectivity index (χ2v) is 4.28. The van der Waals surface area contributed by atoms with E-state index in [0.717, 1.165) is 0 Å². The molecule has 0 saturated heterocycles. The summed E-state index contributed by atoms with van der Waals surface area (Å²) >= 11 is 5.95. The number of hydrogen-bond donors (Lipinski definition) is 1. The number of nitrogen functional groups attached to an aromatic ring is 1. The van der Waals surface area contributed by atoms with Gasteiger partial charge in [-0.25, -0.2) is 9.97 Å². The molecule has 0 saturated carbocycles. The maximum absolute atomic E-state index is 10.6. The number of benzene rings is 1. The van der Waals surface area contributed by atoms with Crippen LogP contribution in [0.4, 0.5) is 11.5 Å². The van der Waals surface area contributed by atoms with Gasteiger partial charge >= 0.3 is 0 Å². The monoisotopic (exact) mass is 294 g/mol. The smallest absolute Gasteiger partial charge is 0.271 e. The number of ether oxygens (including phenoxy) is 1. The van der Waals surface area contributed by atoms with Gasteiger partial charge in [-0.15, -0.1) is 0 Å².